The molecule has 1 aliphatic rings. The second-order valence-electron chi connectivity index (χ2n) is 2.24. The van der Waals surface area contributed by atoms with Crippen molar-refractivity contribution in [3.8, 4) is 0 Å². The first-order valence-corrected chi connectivity index (χ1v) is 3.56. The quantitative estimate of drug-likeness (QED) is 0.433. The molecular formula is C6H11ClN2O. The van der Waals surface area contributed by atoms with Crippen LogP contribution in [0, 0.1) is 0 Å². The van der Waals surface area contributed by atoms with E-state index in [2.05, 4.69) is 5.32 Å². The number of nitrogens with one attached hydrogen (secondary N) is 1. The molecule has 0 aromatic carbocycles. The van der Waals surface area contributed by atoms with Gasteiger partial charge in [0.1, 0.15) is 11.6 Å². The first-order valence-electron chi connectivity index (χ1n) is 3.12. The standard InChI is InChI=1S/C6H11ClN2O/c1-10-5-2-6(7)9-3-4(5)8/h3,5-6,9H,2,8H2,1H3. The van der Waals surface area contributed by atoms with Gasteiger partial charge in [-0.3, -0.25) is 0 Å². The predicted molar refractivity (Wildman–Crippen MR) is 40.5 cm³/mol. The topological polar surface area (TPSA) is 47.3 Å². The molecule has 0 saturated carbocycles. The fraction of sp³-hybridized carbons (Fsp3) is 0.667. The number of halogens is 1. The zero-order valence-corrected chi connectivity index (χ0v) is 6.56. The Morgan fingerprint density at radius 2 is 2.60 bits per heavy atom. The second-order valence-corrected chi connectivity index (χ2v) is 2.77. The van der Waals surface area contributed by atoms with E-state index in [9.17, 15) is 0 Å². The summed E-state index contributed by atoms with van der Waals surface area (Å²) in [6.45, 7) is 0. The molecule has 0 aliphatic carbocycles. The molecule has 58 valence electrons. The Labute approximate surface area is 65.2 Å². The molecule has 10 heavy (non-hydrogen) atoms. The maximum absolute atomic E-state index is 5.76. The van der Waals surface area contributed by atoms with Crippen LogP contribution in [-0.4, -0.2) is 18.7 Å². The average Bonchev–Trinajstić information content (AvgIpc) is 1.94. The van der Waals surface area contributed by atoms with Crippen LogP contribution in [0.2, 0.25) is 0 Å². The van der Waals surface area contributed by atoms with Gasteiger partial charge in [0.05, 0.1) is 5.70 Å². The van der Waals surface area contributed by atoms with Crippen molar-refractivity contribution in [2.45, 2.75) is 18.0 Å². The number of nitrogens with two attached hydrogens (primary N) is 1. The van der Waals surface area contributed by atoms with E-state index in [1.54, 1.807) is 13.3 Å². The Morgan fingerprint density at radius 3 is 3.10 bits per heavy atom. The van der Waals surface area contributed by atoms with Gasteiger partial charge >= 0.3 is 0 Å². The van der Waals surface area contributed by atoms with Gasteiger partial charge in [-0.05, 0) is 0 Å². The van der Waals surface area contributed by atoms with Crippen LogP contribution in [0.1, 0.15) is 6.42 Å². The summed E-state index contributed by atoms with van der Waals surface area (Å²) in [7, 11) is 1.63. The molecule has 0 saturated heterocycles. The molecule has 1 aliphatic heterocycles. The SMILES string of the molecule is COC1CC(Cl)NC=C1N. The van der Waals surface area contributed by atoms with Crippen LogP contribution in [-0.2, 0) is 4.74 Å². The summed E-state index contributed by atoms with van der Waals surface area (Å²) in [4.78, 5) is 0. The molecule has 4 heteroatoms. The summed E-state index contributed by atoms with van der Waals surface area (Å²) in [5, 5.41) is 2.89. The molecule has 1 heterocycles. The highest BCUT2D eigenvalue weighted by Crippen LogP contribution is 2.14. The minimum Gasteiger partial charge on any atom is -0.399 e. The van der Waals surface area contributed by atoms with Gasteiger partial charge in [0, 0.05) is 19.7 Å². The molecular weight excluding hydrogens is 152 g/mol. The van der Waals surface area contributed by atoms with Crippen LogP contribution in [0.3, 0.4) is 0 Å². The van der Waals surface area contributed by atoms with Gasteiger partial charge in [-0.25, -0.2) is 0 Å². The Kier molecular flexibility index (Phi) is 2.40. The summed E-state index contributed by atoms with van der Waals surface area (Å²) in [5.74, 6) is 0. The van der Waals surface area contributed by atoms with Crippen LogP contribution in [0.15, 0.2) is 11.9 Å². The van der Waals surface area contributed by atoms with Gasteiger partial charge in [-0.15, -0.1) is 0 Å². The molecule has 3 nitrogen and oxygen atoms in total. The fourth-order valence-corrected chi connectivity index (χ4v) is 1.13. The lowest BCUT2D eigenvalue weighted by Crippen LogP contribution is -2.35. The van der Waals surface area contributed by atoms with Gasteiger partial charge < -0.3 is 15.8 Å². The smallest absolute Gasteiger partial charge is 0.104 e. The average molecular weight is 163 g/mol. The molecule has 2 atom stereocenters. The van der Waals surface area contributed by atoms with Crippen molar-refractivity contribution in [2.75, 3.05) is 7.11 Å². The van der Waals surface area contributed by atoms with Crippen LogP contribution in [0.4, 0.5) is 0 Å². The molecule has 3 N–H and O–H groups in total. The van der Waals surface area contributed by atoms with Gasteiger partial charge in [0.25, 0.3) is 0 Å². The molecule has 2 unspecified atom stereocenters. The number of methoxy groups -OCH3 is 1. The molecule has 0 fully saturated rings. The highest BCUT2D eigenvalue weighted by atomic mass is 35.5. The first-order chi connectivity index (χ1) is 4.74. The molecule has 0 bridgehead atoms. The minimum atomic E-state index is -0.0581. The summed E-state index contributed by atoms with van der Waals surface area (Å²) in [6, 6.07) is 0. The summed E-state index contributed by atoms with van der Waals surface area (Å²) in [5.41, 5.74) is 6.22. The van der Waals surface area contributed by atoms with Crippen molar-refractivity contribution >= 4 is 11.6 Å². The van der Waals surface area contributed by atoms with E-state index in [0.29, 0.717) is 5.70 Å². The van der Waals surface area contributed by atoms with Gasteiger partial charge in [-0.1, -0.05) is 11.6 Å². The van der Waals surface area contributed by atoms with Crippen molar-refractivity contribution < 1.29 is 4.74 Å². The monoisotopic (exact) mass is 162 g/mol. The van der Waals surface area contributed by atoms with Crippen LogP contribution in [0.25, 0.3) is 0 Å². The van der Waals surface area contributed by atoms with Gasteiger partial charge in [-0.2, -0.15) is 0 Å². The lowest BCUT2D eigenvalue weighted by atomic mass is 10.1. The van der Waals surface area contributed by atoms with Crippen LogP contribution < -0.4 is 11.1 Å². The molecule has 0 amide bonds. The third-order valence-corrected chi connectivity index (χ3v) is 1.81. The van der Waals surface area contributed by atoms with Crippen molar-refractivity contribution in [1.29, 1.82) is 0 Å². The molecule has 0 aromatic rings. The Morgan fingerprint density at radius 1 is 1.90 bits per heavy atom. The Hall–Kier alpha value is -0.410. The second kappa shape index (κ2) is 3.12. The minimum absolute atomic E-state index is 0.0243. The van der Waals surface area contributed by atoms with E-state index in [1.807, 2.05) is 0 Å². The third-order valence-electron chi connectivity index (χ3n) is 1.51. The zero-order chi connectivity index (χ0) is 7.56. The van der Waals surface area contributed by atoms with Gasteiger partial charge in [0.15, 0.2) is 0 Å². The van der Waals surface area contributed by atoms with Crippen molar-refractivity contribution in [1.82, 2.24) is 5.32 Å². The fourth-order valence-electron chi connectivity index (χ4n) is 0.904. The van der Waals surface area contributed by atoms with E-state index in [0.717, 1.165) is 6.42 Å². The summed E-state index contributed by atoms with van der Waals surface area (Å²) >= 11 is 5.76. The Bertz CT molecular complexity index is 149. The normalized spacial score (nSPS) is 32.8. The molecule has 0 spiro atoms. The largest absolute Gasteiger partial charge is 0.399 e. The van der Waals surface area contributed by atoms with Crippen LogP contribution >= 0.6 is 11.6 Å². The number of hydrogen-bond acceptors (Lipinski definition) is 3. The number of hydrogen-bond donors (Lipinski definition) is 2. The third kappa shape index (κ3) is 1.55. The summed E-state index contributed by atoms with van der Waals surface area (Å²) < 4.78 is 5.06. The first kappa shape index (κ1) is 7.69. The number of ether oxygens (including phenoxy) is 1. The van der Waals surface area contributed by atoms with E-state index in [-0.39, 0.29) is 11.6 Å². The van der Waals surface area contributed by atoms with Crippen molar-refractivity contribution in [3.63, 3.8) is 0 Å². The maximum Gasteiger partial charge on any atom is 0.104 e. The van der Waals surface area contributed by atoms with Crippen molar-refractivity contribution in [2.24, 2.45) is 5.73 Å². The van der Waals surface area contributed by atoms with Crippen LogP contribution in [0.5, 0.6) is 0 Å². The lowest BCUT2D eigenvalue weighted by molar-refractivity contribution is 0.115. The van der Waals surface area contributed by atoms with Gasteiger partial charge in [0.2, 0.25) is 0 Å². The molecule has 0 radical (unpaired) electrons. The lowest BCUT2D eigenvalue weighted by Gasteiger charge is -2.24. The molecule has 0 aromatic heterocycles. The highest BCUT2D eigenvalue weighted by Gasteiger charge is 2.19. The van der Waals surface area contributed by atoms with E-state index in [1.165, 1.54) is 0 Å². The number of alkyl halides is 1. The maximum atomic E-state index is 5.76. The summed E-state index contributed by atoms with van der Waals surface area (Å²) in [6.07, 6.45) is 2.39. The van der Waals surface area contributed by atoms with Crippen molar-refractivity contribution in [3.05, 3.63) is 11.9 Å². The molecule has 1 rings (SSSR count). The predicted octanol–water partition coefficient (Wildman–Crippen LogP) is 0.360. The Balaban J connectivity index is 2.56. The number of rotatable bonds is 1. The zero-order valence-electron chi connectivity index (χ0n) is 5.80. The van der Waals surface area contributed by atoms with E-state index in [4.69, 9.17) is 22.1 Å². The van der Waals surface area contributed by atoms with E-state index >= 15 is 0 Å². The highest BCUT2D eigenvalue weighted by molar-refractivity contribution is 6.20. The van der Waals surface area contributed by atoms with E-state index < -0.39 is 0 Å².